The van der Waals surface area contributed by atoms with E-state index in [4.69, 9.17) is 9.47 Å². The highest BCUT2D eigenvalue weighted by molar-refractivity contribution is 5.46. The SMILES string of the molecule is CCCCN(C)c1nc(C)cc(NCc2ccc(OC)c(OC)c2)n1. The maximum absolute atomic E-state index is 5.35. The number of methoxy groups -OCH3 is 2. The average Bonchev–Trinajstić information content (AvgIpc) is 2.63. The summed E-state index contributed by atoms with van der Waals surface area (Å²) >= 11 is 0. The third-order valence-electron chi connectivity index (χ3n) is 3.95. The summed E-state index contributed by atoms with van der Waals surface area (Å²) < 4.78 is 10.6. The molecule has 0 aliphatic carbocycles. The lowest BCUT2D eigenvalue weighted by atomic mass is 10.2. The first-order valence-electron chi connectivity index (χ1n) is 8.59. The number of anilines is 2. The van der Waals surface area contributed by atoms with Gasteiger partial charge in [-0.15, -0.1) is 0 Å². The summed E-state index contributed by atoms with van der Waals surface area (Å²) in [6.07, 6.45) is 2.28. The molecular weight excluding hydrogens is 316 g/mol. The van der Waals surface area contributed by atoms with Gasteiger partial charge >= 0.3 is 0 Å². The van der Waals surface area contributed by atoms with Crippen molar-refractivity contribution in [2.75, 3.05) is 38.0 Å². The lowest BCUT2D eigenvalue weighted by molar-refractivity contribution is 0.354. The molecule has 0 spiro atoms. The van der Waals surface area contributed by atoms with Crippen LogP contribution >= 0.6 is 0 Å². The number of aromatic nitrogens is 2. The van der Waals surface area contributed by atoms with E-state index in [1.54, 1.807) is 14.2 Å². The Morgan fingerprint density at radius 3 is 2.52 bits per heavy atom. The molecule has 0 bridgehead atoms. The fraction of sp³-hybridized carbons (Fsp3) is 0.474. The van der Waals surface area contributed by atoms with Crippen LogP contribution in [0.25, 0.3) is 0 Å². The fourth-order valence-corrected chi connectivity index (χ4v) is 2.49. The van der Waals surface area contributed by atoms with Gasteiger partial charge in [0.05, 0.1) is 14.2 Å². The predicted octanol–water partition coefficient (Wildman–Crippen LogP) is 3.65. The third kappa shape index (κ3) is 5.24. The van der Waals surface area contributed by atoms with E-state index in [9.17, 15) is 0 Å². The van der Waals surface area contributed by atoms with Gasteiger partial charge in [-0.1, -0.05) is 19.4 Å². The molecule has 25 heavy (non-hydrogen) atoms. The summed E-state index contributed by atoms with van der Waals surface area (Å²) in [7, 11) is 5.31. The van der Waals surface area contributed by atoms with Crippen LogP contribution in [0.4, 0.5) is 11.8 Å². The number of aryl methyl sites for hydroxylation is 1. The van der Waals surface area contributed by atoms with E-state index in [1.807, 2.05) is 38.2 Å². The van der Waals surface area contributed by atoms with Crippen LogP contribution in [-0.4, -0.2) is 37.8 Å². The first-order chi connectivity index (χ1) is 12.1. The molecular formula is C19H28N4O2. The van der Waals surface area contributed by atoms with Crippen LogP contribution in [-0.2, 0) is 6.54 Å². The zero-order chi connectivity index (χ0) is 18.2. The molecule has 1 N–H and O–H groups in total. The molecule has 0 unspecified atom stereocenters. The molecule has 2 aromatic rings. The molecule has 1 aromatic heterocycles. The molecule has 0 atom stereocenters. The summed E-state index contributed by atoms with van der Waals surface area (Å²) in [6, 6.07) is 7.84. The molecule has 0 saturated carbocycles. The molecule has 2 rings (SSSR count). The molecule has 6 nitrogen and oxygen atoms in total. The lowest BCUT2D eigenvalue weighted by Crippen LogP contribution is -2.21. The highest BCUT2D eigenvalue weighted by atomic mass is 16.5. The zero-order valence-corrected chi connectivity index (χ0v) is 15.8. The molecule has 0 radical (unpaired) electrons. The maximum Gasteiger partial charge on any atom is 0.227 e. The Morgan fingerprint density at radius 1 is 1.08 bits per heavy atom. The van der Waals surface area contributed by atoms with Crippen LogP contribution in [0.1, 0.15) is 31.0 Å². The van der Waals surface area contributed by atoms with Gasteiger partial charge in [-0.2, -0.15) is 4.98 Å². The molecule has 0 aliphatic heterocycles. The quantitative estimate of drug-likeness (QED) is 0.749. The van der Waals surface area contributed by atoms with Crippen LogP contribution in [0.3, 0.4) is 0 Å². The van der Waals surface area contributed by atoms with Crippen LogP contribution in [0, 0.1) is 6.92 Å². The van der Waals surface area contributed by atoms with Crippen molar-refractivity contribution in [3.8, 4) is 11.5 Å². The van der Waals surface area contributed by atoms with Gasteiger partial charge in [0.15, 0.2) is 11.5 Å². The molecule has 0 fully saturated rings. The number of unbranched alkanes of at least 4 members (excludes halogenated alkanes) is 1. The predicted molar refractivity (Wildman–Crippen MR) is 102 cm³/mol. The number of hydrogen-bond donors (Lipinski definition) is 1. The maximum atomic E-state index is 5.35. The summed E-state index contributed by atoms with van der Waals surface area (Å²) in [5, 5.41) is 3.37. The Morgan fingerprint density at radius 2 is 1.84 bits per heavy atom. The number of rotatable bonds is 9. The minimum atomic E-state index is 0.648. The monoisotopic (exact) mass is 344 g/mol. The second-order valence-corrected chi connectivity index (χ2v) is 6.01. The second kappa shape index (κ2) is 9.11. The Kier molecular flexibility index (Phi) is 6.86. The fourth-order valence-electron chi connectivity index (χ4n) is 2.49. The van der Waals surface area contributed by atoms with Gasteiger partial charge < -0.3 is 19.7 Å². The van der Waals surface area contributed by atoms with Crippen molar-refractivity contribution in [1.29, 1.82) is 0 Å². The van der Waals surface area contributed by atoms with Crippen LogP contribution in [0.15, 0.2) is 24.3 Å². The van der Waals surface area contributed by atoms with Gasteiger partial charge in [-0.3, -0.25) is 0 Å². The van der Waals surface area contributed by atoms with Crippen molar-refractivity contribution < 1.29 is 9.47 Å². The zero-order valence-electron chi connectivity index (χ0n) is 15.8. The number of nitrogens with zero attached hydrogens (tertiary/aromatic N) is 3. The minimum Gasteiger partial charge on any atom is -0.493 e. The Labute approximate surface area is 150 Å². The number of benzene rings is 1. The average molecular weight is 344 g/mol. The first kappa shape index (κ1) is 18.8. The van der Waals surface area contributed by atoms with Crippen LogP contribution < -0.4 is 19.7 Å². The number of hydrogen-bond acceptors (Lipinski definition) is 6. The summed E-state index contributed by atoms with van der Waals surface area (Å²) in [4.78, 5) is 11.3. The van der Waals surface area contributed by atoms with E-state index in [0.29, 0.717) is 6.54 Å². The van der Waals surface area contributed by atoms with E-state index >= 15 is 0 Å². The molecule has 0 saturated heterocycles. The lowest BCUT2D eigenvalue weighted by Gasteiger charge is -2.18. The normalized spacial score (nSPS) is 10.4. The van der Waals surface area contributed by atoms with Gasteiger partial charge in [-0.25, -0.2) is 4.98 Å². The van der Waals surface area contributed by atoms with Gasteiger partial charge in [0.25, 0.3) is 0 Å². The van der Waals surface area contributed by atoms with E-state index in [1.165, 1.54) is 0 Å². The minimum absolute atomic E-state index is 0.648. The van der Waals surface area contributed by atoms with Crippen molar-refractivity contribution in [3.05, 3.63) is 35.5 Å². The summed E-state index contributed by atoms with van der Waals surface area (Å²) in [5.41, 5.74) is 2.04. The number of ether oxygens (including phenoxy) is 2. The highest BCUT2D eigenvalue weighted by Gasteiger charge is 2.08. The van der Waals surface area contributed by atoms with E-state index < -0.39 is 0 Å². The molecule has 1 aromatic carbocycles. The van der Waals surface area contributed by atoms with Crippen molar-refractivity contribution in [2.45, 2.75) is 33.2 Å². The summed E-state index contributed by atoms with van der Waals surface area (Å²) in [5.74, 6) is 3.02. The van der Waals surface area contributed by atoms with Gasteiger partial charge in [0.2, 0.25) is 5.95 Å². The van der Waals surface area contributed by atoms with Crippen molar-refractivity contribution in [1.82, 2.24) is 9.97 Å². The van der Waals surface area contributed by atoms with E-state index in [0.717, 1.165) is 53.9 Å². The Bertz CT molecular complexity index is 691. The smallest absolute Gasteiger partial charge is 0.227 e. The first-order valence-corrected chi connectivity index (χ1v) is 8.59. The van der Waals surface area contributed by atoms with Crippen LogP contribution in [0.5, 0.6) is 11.5 Å². The molecule has 0 amide bonds. The Balaban J connectivity index is 2.09. The van der Waals surface area contributed by atoms with Crippen LogP contribution in [0.2, 0.25) is 0 Å². The Hall–Kier alpha value is -2.50. The van der Waals surface area contributed by atoms with Gasteiger partial charge in [0.1, 0.15) is 5.82 Å². The molecule has 136 valence electrons. The van der Waals surface area contributed by atoms with E-state index in [2.05, 4.69) is 27.1 Å². The highest BCUT2D eigenvalue weighted by Crippen LogP contribution is 2.27. The van der Waals surface area contributed by atoms with Crippen molar-refractivity contribution >= 4 is 11.8 Å². The standard InChI is InChI=1S/C19H28N4O2/c1-6-7-10-23(3)19-21-14(2)11-18(22-19)20-13-15-8-9-16(24-4)17(12-15)25-5/h8-9,11-12H,6-7,10,13H2,1-5H3,(H,20,21,22). The van der Waals surface area contributed by atoms with Crippen molar-refractivity contribution in [2.24, 2.45) is 0 Å². The van der Waals surface area contributed by atoms with Gasteiger partial charge in [-0.05, 0) is 31.0 Å². The largest absolute Gasteiger partial charge is 0.493 e. The van der Waals surface area contributed by atoms with Crippen molar-refractivity contribution in [3.63, 3.8) is 0 Å². The molecule has 0 aliphatic rings. The second-order valence-electron chi connectivity index (χ2n) is 6.01. The van der Waals surface area contributed by atoms with E-state index in [-0.39, 0.29) is 0 Å². The molecule has 1 heterocycles. The molecule has 6 heteroatoms. The number of nitrogens with one attached hydrogen (secondary N) is 1. The van der Waals surface area contributed by atoms with Gasteiger partial charge in [0, 0.05) is 31.9 Å². The topological polar surface area (TPSA) is 59.5 Å². The summed E-state index contributed by atoms with van der Waals surface area (Å²) in [6.45, 7) is 5.77. The third-order valence-corrected chi connectivity index (χ3v) is 3.95.